The van der Waals surface area contributed by atoms with Gasteiger partial charge in [-0.1, -0.05) is 65.8 Å². The van der Waals surface area contributed by atoms with Crippen LogP contribution in [0.25, 0.3) is 0 Å². The predicted octanol–water partition coefficient (Wildman–Crippen LogP) is 8.08. The van der Waals surface area contributed by atoms with E-state index >= 15 is 0 Å². The van der Waals surface area contributed by atoms with Crippen LogP contribution in [-0.2, 0) is 10.8 Å². The zero-order valence-electron chi connectivity index (χ0n) is 20.8. The van der Waals surface area contributed by atoms with Gasteiger partial charge in [0.05, 0.1) is 0 Å². The molecule has 0 bridgehead atoms. The Bertz CT molecular complexity index is 726. The Hall–Kier alpha value is -1.96. The van der Waals surface area contributed by atoms with Crippen molar-refractivity contribution in [2.75, 3.05) is 0 Å². The normalized spacial score (nSPS) is 13.3. The zero-order chi connectivity index (χ0) is 22.8. The van der Waals surface area contributed by atoms with Crippen LogP contribution in [0.2, 0.25) is 0 Å². The number of hydrogen-bond acceptors (Lipinski definition) is 2. The molecule has 0 saturated heterocycles. The highest BCUT2D eigenvalue weighted by molar-refractivity contribution is 5.32. The Balaban J connectivity index is 1.95. The minimum absolute atomic E-state index is 0.153. The van der Waals surface area contributed by atoms with Crippen molar-refractivity contribution >= 4 is 0 Å². The molecule has 166 valence electrons. The smallest absolute Gasteiger partial charge is 0.120 e. The van der Waals surface area contributed by atoms with Gasteiger partial charge >= 0.3 is 0 Å². The summed E-state index contributed by atoms with van der Waals surface area (Å²) in [4.78, 5) is 0. The van der Waals surface area contributed by atoms with Crippen molar-refractivity contribution in [3.63, 3.8) is 0 Å². The van der Waals surface area contributed by atoms with E-state index in [9.17, 15) is 0 Å². The van der Waals surface area contributed by atoms with E-state index in [1.165, 1.54) is 11.1 Å². The molecular weight excluding hydrogens is 368 g/mol. The number of benzene rings is 2. The van der Waals surface area contributed by atoms with Gasteiger partial charge in [0.25, 0.3) is 0 Å². The standard InChI is InChI=1S/C28H42O2/c1-25(2,3)21-11-15-23(16-12-21)29-27(7,8)19-20-28(9,10)30-24-17-13-22(14-18-24)26(4,5)6/h11-18H,19-20H2,1-10H3. The van der Waals surface area contributed by atoms with Crippen LogP contribution < -0.4 is 9.47 Å². The molecule has 0 spiro atoms. The van der Waals surface area contributed by atoms with Crippen LogP contribution in [0.5, 0.6) is 11.5 Å². The van der Waals surface area contributed by atoms with Crippen molar-refractivity contribution in [3.8, 4) is 11.5 Å². The molecule has 30 heavy (non-hydrogen) atoms. The molecule has 0 saturated carbocycles. The predicted molar refractivity (Wildman–Crippen MR) is 129 cm³/mol. The van der Waals surface area contributed by atoms with E-state index in [4.69, 9.17) is 9.47 Å². The van der Waals surface area contributed by atoms with Crippen molar-refractivity contribution in [2.45, 2.75) is 104 Å². The molecule has 2 rings (SSSR count). The average molecular weight is 411 g/mol. The van der Waals surface area contributed by atoms with E-state index in [0.29, 0.717) is 0 Å². The monoisotopic (exact) mass is 410 g/mol. The van der Waals surface area contributed by atoms with Crippen LogP contribution in [0, 0.1) is 0 Å². The highest BCUT2D eigenvalue weighted by atomic mass is 16.5. The van der Waals surface area contributed by atoms with E-state index in [-0.39, 0.29) is 22.0 Å². The fourth-order valence-corrected chi connectivity index (χ4v) is 3.39. The number of hydrogen-bond donors (Lipinski definition) is 0. The number of rotatable bonds is 7. The summed E-state index contributed by atoms with van der Waals surface area (Å²) in [7, 11) is 0. The first kappa shape index (κ1) is 24.3. The molecule has 0 aliphatic carbocycles. The second-order valence-electron chi connectivity index (χ2n) is 11.8. The third-order valence-corrected chi connectivity index (χ3v) is 5.56. The van der Waals surface area contributed by atoms with Crippen molar-refractivity contribution < 1.29 is 9.47 Å². The molecular formula is C28H42O2. The molecule has 0 aromatic heterocycles. The van der Waals surface area contributed by atoms with E-state index < -0.39 is 0 Å². The molecule has 0 atom stereocenters. The number of ether oxygens (including phenoxy) is 2. The Labute approximate surface area is 185 Å². The minimum atomic E-state index is -0.264. The van der Waals surface area contributed by atoms with Crippen molar-refractivity contribution in [1.82, 2.24) is 0 Å². The van der Waals surface area contributed by atoms with Crippen LogP contribution in [0.1, 0.15) is 93.2 Å². The highest BCUT2D eigenvalue weighted by Crippen LogP contribution is 2.31. The summed E-state index contributed by atoms with van der Waals surface area (Å²) < 4.78 is 12.6. The van der Waals surface area contributed by atoms with Gasteiger partial charge < -0.3 is 9.47 Å². The van der Waals surface area contributed by atoms with Crippen molar-refractivity contribution in [1.29, 1.82) is 0 Å². The first-order chi connectivity index (χ1) is 13.6. The van der Waals surface area contributed by atoms with Crippen LogP contribution in [0.4, 0.5) is 0 Å². The highest BCUT2D eigenvalue weighted by Gasteiger charge is 2.27. The van der Waals surface area contributed by atoms with Gasteiger partial charge in [0.1, 0.15) is 22.7 Å². The summed E-state index contributed by atoms with van der Waals surface area (Å²) in [6.45, 7) is 22.0. The quantitative estimate of drug-likeness (QED) is 0.459. The van der Waals surface area contributed by atoms with Gasteiger partial charge in [-0.2, -0.15) is 0 Å². The molecule has 0 N–H and O–H groups in total. The van der Waals surface area contributed by atoms with Gasteiger partial charge in [0, 0.05) is 0 Å². The Kier molecular flexibility index (Phi) is 7.01. The van der Waals surface area contributed by atoms with Gasteiger partial charge in [0.15, 0.2) is 0 Å². The van der Waals surface area contributed by atoms with E-state index in [1.54, 1.807) is 0 Å². The second kappa shape index (κ2) is 8.65. The first-order valence-corrected chi connectivity index (χ1v) is 11.2. The fourth-order valence-electron chi connectivity index (χ4n) is 3.39. The SMILES string of the molecule is CC(C)(CCC(C)(C)Oc1ccc(C(C)(C)C)cc1)Oc1ccc(C(C)(C)C)cc1. The lowest BCUT2D eigenvalue weighted by Crippen LogP contribution is -2.35. The van der Waals surface area contributed by atoms with Gasteiger partial charge in [-0.15, -0.1) is 0 Å². The summed E-state index contributed by atoms with van der Waals surface area (Å²) >= 11 is 0. The molecule has 0 aliphatic heterocycles. The Morgan fingerprint density at radius 2 is 0.733 bits per heavy atom. The maximum Gasteiger partial charge on any atom is 0.120 e. The molecule has 0 heterocycles. The van der Waals surface area contributed by atoms with Crippen LogP contribution in [0.15, 0.2) is 48.5 Å². The average Bonchev–Trinajstić information content (AvgIpc) is 2.59. The van der Waals surface area contributed by atoms with Crippen LogP contribution >= 0.6 is 0 Å². The van der Waals surface area contributed by atoms with Crippen molar-refractivity contribution in [2.24, 2.45) is 0 Å². The lowest BCUT2D eigenvalue weighted by atomic mass is 9.87. The summed E-state index contributed by atoms with van der Waals surface area (Å²) in [5.74, 6) is 1.84. The second-order valence-corrected chi connectivity index (χ2v) is 11.8. The molecule has 0 radical (unpaired) electrons. The van der Waals surface area contributed by atoms with Crippen LogP contribution in [-0.4, -0.2) is 11.2 Å². The maximum atomic E-state index is 6.31. The maximum absolute atomic E-state index is 6.31. The molecule has 2 nitrogen and oxygen atoms in total. The lowest BCUT2D eigenvalue weighted by molar-refractivity contribution is 0.0451. The van der Waals surface area contributed by atoms with E-state index in [2.05, 4.69) is 118 Å². The molecule has 0 unspecified atom stereocenters. The largest absolute Gasteiger partial charge is 0.488 e. The molecule has 0 amide bonds. The zero-order valence-corrected chi connectivity index (χ0v) is 20.8. The Morgan fingerprint density at radius 1 is 0.467 bits per heavy atom. The summed E-state index contributed by atoms with van der Waals surface area (Å²) in [5, 5.41) is 0. The molecule has 0 aliphatic rings. The van der Waals surface area contributed by atoms with Crippen molar-refractivity contribution in [3.05, 3.63) is 59.7 Å². The summed E-state index contributed by atoms with van der Waals surface area (Å²) in [5.41, 5.74) is 2.42. The molecule has 0 fully saturated rings. The van der Waals surface area contributed by atoms with Gasteiger partial charge in [-0.3, -0.25) is 0 Å². The van der Waals surface area contributed by atoms with Gasteiger partial charge in [-0.25, -0.2) is 0 Å². The fraction of sp³-hybridized carbons (Fsp3) is 0.571. The minimum Gasteiger partial charge on any atom is -0.488 e. The van der Waals surface area contributed by atoms with Crippen LogP contribution in [0.3, 0.4) is 0 Å². The lowest BCUT2D eigenvalue weighted by Gasteiger charge is -2.33. The topological polar surface area (TPSA) is 18.5 Å². The summed E-state index contributed by atoms with van der Waals surface area (Å²) in [6, 6.07) is 17.0. The van der Waals surface area contributed by atoms with E-state index in [0.717, 1.165) is 24.3 Å². The van der Waals surface area contributed by atoms with Gasteiger partial charge in [-0.05, 0) is 86.8 Å². The molecule has 2 heteroatoms. The first-order valence-electron chi connectivity index (χ1n) is 11.2. The molecule has 2 aromatic rings. The third kappa shape index (κ3) is 7.38. The van der Waals surface area contributed by atoms with E-state index in [1.807, 2.05) is 0 Å². The Morgan fingerprint density at radius 3 is 0.967 bits per heavy atom. The summed E-state index contributed by atoms with van der Waals surface area (Å²) in [6.07, 6.45) is 1.81. The van der Waals surface area contributed by atoms with Gasteiger partial charge in [0.2, 0.25) is 0 Å². The third-order valence-electron chi connectivity index (χ3n) is 5.56. The molecule has 2 aromatic carbocycles.